The number of pyridine rings is 1. The number of carbonyl (C=O) groups excluding carboxylic acids is 1. The van der Waals surface area contributed by atoms with Crippen LogP contribution < -0.4 is 20.7 Å². The lowest BCUT2D eigenvalue weighted by Gasteiger charge is -2.15. The van der Waals surface area contributed by atoms with Crippen LogP contribution in [0.15, 0.2) is 41.5 Å². The Morgan fingerprint density at radius 3 is 2.60 bits per heavy atom. The highest BCUT2D eigenvalue weighted by Gasteiger charge is 2.07. The van der Waals surface area contributed by atoms with Crippen molar-refractivity contribution in [3.05, 3.63) is 53.2 Å². The summed E-state index contributed by atoms with van der Waals surface area (Å²) < 4.78 is 10.9. The molecule has 0 fully saturated rings. The fourth-order valence-corrected chi connectivity index (χ4v) is 2.62. The van der Waals surface area contributed by atoms with E-state index >= 15 is 0 Å². The molecule has 1 amide bonds. The number of aromatic nitrogens is 1. The summed E-state index contributed by atoms with van der Waals surface area (Å²) in [4.78, 5) is 20.4. The zero-order chi connectivity index (χ0) is 21.8. The van der Waals surface area contributed by atoms with Gasteiger partial charge in [0.2, 0.25) is 5.91 Å². The van der Waals surface area contributed by atoms with Gasteiger partial charge in [0.25, 0.3) is 0 Å². The topological polar surface area (TPSA) is 96.9 Å². The smallest absolute Gasteiger partial charge is 0.227 e. The first kappa shape index (κ1) is 23.2. The Morgan fingerprint density at radius 2 is 1.90 bits per heavy atom. The van der Waals surface area contributed by atoms with Gasteiger partial charge in [0, 0.05) is 45.4 Å². The number of nitrogens with zero attached hydrogens (tertiary/aromatic N) is 2. The molecule has 0 aliphatic carbocycles. The van der Waals surface area contributed by atoms with Crippen molar-refractivity contribution >= 4 is 17.7 Å². The van der Waals surface area contributed by atoms with Gasteiger partial charge in [0.15, 0.2) is 5.96 Å². The summed E-state index contributed by atoms with van der Waals surface area (Å²) in [7, 11) is 3.34. The van der Waals surface area contributed by atoms with E-state index in [-0.39, 0.29) is 5.91 Å². The van der Waals surface area contributed by atoms with E-state index in [1.165, 1.54) is 0 Å². The van der Waals surface area contributed by atoms with Gasteiger partial charge in [-0.2, -0.15) is 0 Å². The number of hydrogen-bond acceptors (Lipinski definition) is 5. The Balaban J connectivity index is 1.79. The summed E-state index contributed by atoms with van der Waals surface area (Å²) in [6, 6.07) is 9.77. The van der Waals surface area contributed by atoms with E-state index in [0.29, 0.717) is 44.5 Å². The lowest BCUT2D eigenvalue weighted by atomic mass is 10.1. The molecule has 0 saturated carbocycles. The van der Waals surface area contributed by atoms with Crippen LogP contribution in [0.4, 0.5) is 5.82 Å². The third kappa shape index (κ3) is 8.08. The largest absolute Gasteiger partial charge is 0.491 e. The third-order valence-electron chi connectivity index (χ3n) is 4.26. The number of rotatable bonds is 10. The highest BCUT2D eigenvalue weighted by molar-refractivity contribution is 5.90. The molecule has 1 aromatic carbocycles. The molecule has 1 heterocycles. The van der Waals surface area contributed by atoms with E-state index in [4.69, 9.17) is 9.47 Å². The number of benzene rings is 1. The van der Waals surface area contributed by atoms with Gasteiger partial charge in [-0.3, -0.25) is 9.79 Å². The average molecular weight is 414 g/mol. The Morgan fingerprint density at radius 1 is 1.10 bits per heavy atom. The molecule has 2 rings (SSSR count). The summed E-state index contributed by atoms with van der Waals surface area (Å²) in [5, 5.41) is 9.17. The van der Waals surface area contributed by atoms with Gasteiger partial charge in [-0.25, -0.2) is 4.98 Å². The molecule has 0 unspecified atom stereocenters. The van der Waals surface area contributed by atoms with Crippen LogP contribution in [0.3, 0.4) is 0 Å². The fourth-order valence-electron chi connectivity index (χ4n) is 2.62. The van der Waals surface area contributed by atoms with Gasteiger partial charge >= 0.3 is 0 Å². The number of anilines is 1. The normalized spacial score (nSPS) is 11.1. The number of ether oxygens (including phenoxy) is 2. The second-order valence-electron chi connectivity index (χ2n) is 6.82. The summed E-state index contributed by atoms with van der Waals surface area (Å²) in [6.45, 7) is 5.99. The van der Waals surface area contributed by atoms with Crippen LogP contribution in [-0.2, 0) is 16.1 Å². The van der Waals surface area contributed by atoms with Crippen molar-refractivity contribution in [3.8, 4) is 5.75 Å². The zero-order valence-electron chi connectivity index (χ0n) is 18.1. The van der Waals surface area contributed by atoms with Crippen molar-refractivity contribution < 1.29 is 14.3 Å². The maximum Gasteiger partial charge on any atom is 0.227 e. The Hall–Kier alpha value is -3.13. The molecule has 0 atom stereocenters. The highest BCUT2D eigenvalue weighted by Crippen LogP contribution is 2.20. The summed E-state index contributed by atoms with van der Waals surface area (Å²) >= 11 is 0. The first-order valence-corrected chi connectivity index (χ1v) is 9.90. The average Bonchev–Trinajstić information content (AvgIpc) is 2.73. The Kier molecular flexibility index (Phi) is 9.60. The number of hydrogen-bond donors (Lipinski definition) is 3. The van der Waals surface area contributed by atoms with Gasteiger partial charge in [0.1, 0.15) is 18.2 Å². The molecule has 0 saturated heterocycles. The first-order valence-electron chi connectivity index (χ1n) is 9.90. The van der Waals surface area contributed by atoms with Crippen molar-refractivity contribution in [2.45, 2.75) is 26.8 Å². The van der Waals surface area contributed by atoms with Gasteiger partial charge < -0.3 is 25.4 Å². The van der Waals surface area contributed by atoms with E-state index in [1.54, 1.807) is 26.4 Å². The van der Waals surface area contributed by atoms with Crippen LogP contribution in [0, 0.1) is 13.8 Å². The van der Waals surface area contributed by atoms with E-state index in [0.717, 1.165) is 22.4 Å². The van der Waals surface area contributed by atoms with E-state index < -0.39 is 0 Å². The minimum absolute atomic E-state index is 0.110. The molecule has 0 spiro atoms. The number of guanidine groups is 1. The molecular weight excluding hydrogens is 382 g/mol. The minimum Gasteiger partial charge on any atom is -0.491 e. The molecule has 0 bridgehead atoms. The quantitative estimate of drug-likeness (QED) is 0.314. The highest BCUT2D eigenvalue weighted by atomic mass is 16.5. The summed E-state index contributed by atoms with van der Waals surface area (Å²) in [5.41, 5.74) is 3.19. The van der Waals surface area contributed by atoms with E-state index in [1.807, 2.05) is 38.1 Å². The molecular formula is C22H31N5O3. The van der Waals surface area contributed by atoms with Gasteiger partial charge in [-0.1, -0.05) is 18.2 Å². The second kappa shape index (κ2) is 12.4. The van der Waals surface area contributed by atoms with Crippen molar-refractivity contribution in [3.63, 3.8) is 0 Å². The number of aryl methyl sites for hydroxylation is 2. The van der Waals surface area contributed by atoms with Crippen LogP contribution in [0.25, 0.3) is 0 Å². The monoisotopic (exact) mass is 413 g/mol. The van der Waals surface area contributed by atoms with Gasteiger partial charge in [-0.15, -0.1) is 0 Å². The van der Waals surface area contributed by atoms with Crippen molar-refractivity contribution in [1.82, 2.24) is 15.6 Å². The molecule has 3 N–H and O–H groups in total. The maximum atomic E-state index is 12.1. The second-order valence-corrected chi connectivity index (χ2v) is 6.82. The molecule has 0 radical (unpaired) electrons. The standard InChI is InChI=1S/C22H31N5O3/c1-16-5-7-18(19(13-16)30-12-11-29-4)15-26-22(23-3)24-10-9-21(28)27-20-8-6-17(2)14-25-20/h5-8,13-14H,9-12,15H2,1-4H3,(H2,23,24,26)(H,25,27,28). The van der Waals surface area contributed by atoms with Gasteiger partial charge in [-0.05, 0) is 37.1 Å². The summed E-state index contributed by atoms with van der Waals surface area (Å²) in [6.07, 6.45) is 2.02. The third-order valence-corrected chi connectivity index (χ3v) is 4.26. The zero-order valence-corrected chi connectivity index (χ0v) is 18.1. The first-order chi connectivity index (χ1) is 14.5. The summed E-state index contributed by atoms with van der Waals surface area (Å²) in [5.74, 6) is 1.87. The number of carbonyl (C=O) groups is 1. The van der Waals surface area contributed by atoms with E-state index in [2.05, 4.69) is 25.9 Å². The minimum atomic E-state index is -0.110. The predicted octanol–water partition coefficient (Wildman–Crippen LogP) is 2.42. The molecule has 8 nitrogen and oxygen atoms in total. The van der Waals surface area contributed by atoms with Crippen LogP contribution in [0.1, 0.15) is 23.1 Å². The maximum absolute atomic E-state index is 12.1. The van der Waals surface area contributed by atoms with Crippen LogP contribution in [-0.4, -0.2) is 50.8 Å². The number of methoxy groups -OCH3 is 1. The molecule has 2 aromatic rings. The van der Waals surface area contributed by atoms with E-state index in [9.17, 15) is 4.79 Å². The van der Waals surface area contributed by atoms with Crippen molar-refractivity contribution in [1.29, 1.82) is 0 Å². The molecule has 0 aliphatic rings. The van der Waals surface area contributed by atoms with Gasteiger partial charge in [0.05, 0.1) is 6.61 Å². The van der Waals surface area contributed by atoms with Crippen LogP contribution in [0.2, 0.25) is 0 Å². The molecule has 8 heteroatoms. The Bertz CT molecular complexity index is 837. The van der Waals surface area contributed by atoms with Crippen molar-refractivity contribution in [2.24, 2.45) is 4.99 Å². The predicted molar refractivity (Wildman–Crippen MR) is 119 cm³/mol. The lowest BCUT2D eigenvalue weighted by molar-refractivity contribution is -0.116. The molecule has 0 aliphatic heterocycles. The van der Waals surface area contributed by atoms with Crippen LogP contribution >= 0.6 is 0 Å². The van der Waals surface area contributed by atoms with Crippen LogP contribution in [0.5, 0.6) is 5.75 Å². The number of amides is 1. The molecule has 162 valence electrons. The SMILES string of the molecule is CN=C(NCCC(=O)Nc1ccc(C)cn1)NCc1ccc(C)cc1OCCOC. The van der Waals surface area contributed by atoms with Crippen molar-refractivity contribution in [2.75, 3.05) is 39.2 Å². The molecule has 30 heavy (non-hydrogen) atoms. The lowest BCUT2D eigenvalue weighted by Crippen LogP contribution is -2.38. The molecule has 1 aromatic heterocycles. The Labute approximate surface area is 178 Å². The fraction of sp³-hybridized carbons (Fsp3) is 0.409. The number of nitrogens with one attached hydrogen (secondary N) is 3. The number of aliphatic imine (C=N–C) groups is 1.